The number of carbonyl (C=O) groups excluding carboxylic acids is 2. The van der Waals surface area contributed by atoms with Crippen molar-refractivity contribution in [1.82, 2.24) is 4.90 Å². The van der Waals surface area contributed by atoms with Gasteiger partial charge in [-0.15, -0.1) is 0 Å². The molecule has 2 fully saturated rings. The van der Waals surface area contributed by atoms with Crippen LogP contribution in [0.15, 0.2) is 40.9 Å². The lowest BCUT2D eigenvalue weighted by Gasteiger charge is -2.27. The lowest BCUT2D eigenvalue weighted by atomic mass is 9.77. The van der Waals surface area contributed by atoms with Crippen molar-refractivity contribution in [3.05, 3.63) is 46.5 Å². The molecule has 4 rings (SSSR count). The maximum absolute atomic E-state index is 13.1. The lowest BCUT2D eigenvalue weighted by Crippen LogP contribution is -2.39. The summed E-state index contributed by atoms with van der Waals surface area (Å²) < 4.78 is 11.9. The van der Waals surface area contributed by atoms with Crippen molar-refractivity contribution >= 4 is 27.8 Å². The highest BCUT2D eigenvalue weighted by Crippen LogP contribution is 2.53. The van der Waals surface area contributed by atoms with Gasteiger partial charge in [-0.3, -0.25) is 9.59 Å². The highest BCUT2D eigenvalue weighted by atomic mass is 79.9. The summed E-state index contributed by atoms with van der Waals surface area (Å²) in [4.78, 5) is 27.1. The average molecular weight is 392 g/mol. The Kier molecular flexibility index (Phi) is 3.58. The Morgan fingerprint density at radius 1 is 1.42 bits per heavy atom. The highest BCUT2D eigenvalue weighted by molar-refractivity contribution is 9.10. The van der Waals surface area contributed by atoms with E-state index in [-0.39, 0.29) is 24.0 Å². The molecule has 126 valence electrons. The summed E-state index contributed by atoms with van der Waals surface area (Å²) in [6, 6.07) is 7.84. The minimum atomic E-state index is -0.690. The third-order valence-corrected chi connectivity index (χ3v) is 5.95. The van der Waals surface area contributed by atoms with Crippen molar-refractivity contribution in [2.24, 2.45) is 11.8 Å². The molecule has 2 saturated heterocycles. The number of halogens is 1. The normalized spacial score (nSPS) is 34.5. The van der Waals surface area contributed by atoms with Gasteiger partial charge in [0.05, 0.1) is 31.7 Å². The molecule has 0 radical (unpaired) electrons. The summed E-state index contributed by atoms with van der Waals surface area (Å²) in [5.74, 6) is -1.44. The van der Waals surface area contributed by atoms with E-state index in [4.69, 9.17) is 9.47 Å². The SMILES string of the molecule is COC(=O)[C@H]1[C@H]2C(=O)N([C@@H](C)c3ccc(Br)cc3)C[C@@]23C=C[C@H]1O3. The van der Waals surface area contributed by atoms with Crippen molar-refractivity contribution in [2.75, 3.05) is 13.7 Å². The van der Waals surface area contributed by atoms with Crippen molar-refractivity contribution in [3.8, 4) is 0 Å². The molecule has 1 spiro atoms. The van der Waals surface area contributed by atoms with Gasteiger partial charge in [-0.05, 0) is 24.6 Å². The molecule has 0 unspecified atom stereocenters. The number of hydrogen-bond acceptors (Lipinski definition) is 4. The molecule has 2 bridgehead atoms. The van der Waals surface area contributed by atoms with Crippen LogP contribution in [0.4, 0.5) is 0 Å². The van der Waals surface area contributed by atoms with Crippen LogP contribution in [0.3, 0.4) is 0 Å². The molecule has 0 saturated carbocycles. The van der Waals surface area contributed by atoms with Gasteiger partial charge in [0, 0.05) is 4.47 Å². The molecule has 1 amide bonds. The van der Waals surface area contributed by atoms with Crippen LogP contribution in [0.1, 0.15) is 18.5 Å². The number of ether oxygens (including phenoxy) is 2. The third kappa shape index (κ3) is 2.09. The standard InChI is InChI=1S/C18H18BrNO4/c1-10(11-3-5-12(19)6-4-11)20-9-18-8-7-13(24-18)14(17(22)23-2)15(18)16(20)21/h3-8,10,13-15H,9H2,1-2H3/t10-,13+,14+,15-,18-/m0/s1. The number of fused-ring (bicyclic) bond motifs is 1. The van der Waals surface area contributed by atoms with Crippen molar-refractivity contribution in [1.29, 1.82) is 0 Å². The predicted octanol–water partition coefficient (Wildman–Crippen LogP) is 2.47. The molecule has 3 aliphatic rings. The van der Waals surface area contributed by atoms with Crippen LogP contribution in [-0.4, -0.2) is 42.1 Å². The smallest absolute Gasteiger partial charge is 0.312 e. The van der Waals surface area contributed by atoms with E-state index in [9.17, 15) is 9.59 Å². The maximum Gasteiger partial charge on any atom is 0.312 e. The maximum atomic E-state index is 13.1. The first-order chi connectivity index (χ1) is 11.5. The summed E-state index contributed by atoms with van der Waals surface area (Å²) in [7, 11) is 1.35. The summed E-state index contributed by atoms with van der Waals surface area (Å²) in [5, 5.41) is 0. The van der Waals surface area contributed by atoms with E-state index < -0.39 is 17.4 Å². The van der Waals surface area contributed by atoms with E-state index >= 15 is 0 Å². The predicted molar refractivity (Wildman–Crippen MR) is 90.0 cm³/mol. The van der Waals surface area contributed by atoms with E-state index in [0.717, 1.165) is 10.0 Å². The molecule has 0 N–H and O–H groups in total. The summed E-state index contributed by atoms with van der Waals surface area (Å²) in [6.07, 6.45) is 3.49. The van der Waals surface area contributed by atoms with Crippen LogP contribution in [-0.2, 0) is 19.1 Å². The number of carbonyl (C=O) groups is 2. The fourth-order valence-corrected chi connectivity index (χ4v) is 4.45. The first-order valence-corrected chi connectivity index (χ1v) is 8.77. The number of nitrogens with zero attached hydrogens (tertiary/aromatic N) is 1. The number of methoxy groups -OCH3 is 1. The summed E-state index contributed by atoms with van der Waals surface area (Å²) >= 11 is 3.43. The third-order valence-electron chi connectivity index (χ3n) is 5.42. The second-order valence-electron chi connectivity index (χ2n) is 6.62. The van der Waals surface area contributed by atoms with Gasteiger partial charge in [-0.1, -0.05) is 40.2 Å². The highest BCUT2D eigenvalue weighted by Gasteiger charge is 2.67. The molecule has 5 nitrogen and oxygen atoms in total. The van der Waals surface area contributed by atoms with Gasteiger partial charge in [0.1, 0.15) is 11.5 Å². The lowest BCUT2D eigenvalue weighted by molar-refractivity contribution is -0.151. The van der Waals surface area contributed by atoms with Crippen LogP contribution >= 0.6 is 15.9 Å². The minimum Gasteiger partial charge on any atom is -0.469 e. The molecule has 1 aromatic rings. The monoisotopic (exact) mass is 391 g/mol. The Balaban J connectivity index is 1.65. The van der Waals surface area contributed by atoms with Crippen molar-refractivity contribution < 1.29 is 19.1 Å². The number of likely N-dealkylation sites (tertiary alicyclic amines) is 1. The summed E-state index contributed by atoms with van der Waals surface area (Å²) in [5.41, 5.74) is 0.362. The quantitative estimate of drug-likeness (QED) is 0.586. The fraction of sp³-hybridized carbons (Fsp3) is 0.444. The minimum absolute atomic E-state index is 0.0346. The molecule has 3 heterocycles. The number of rotatable bonds is 3. The molecule has 1 aromatic carbocycles. The number of benzene rings is 1. The largest absolute Gasteiger partial charge is 0.469 e. The van der Waals surface area contributed by atoms with E-state index in [1.165, 1.54) is 7.11 Å². The first kappa shape index (κ1) is 15.8. The van der Waals surface area contributed by atoms with Crippen LogP contribution in [0.25, 0.3) is 0 Å². The van der Waals surface area contributed by atoms with Crippen LogP contribution < -0.4 is 0 Å². The number of hydrogen-bond donors (Lipinski definition) is 0. The van der Waals surface area contributed by atoms with Gasteiger partial charge >= 0.3 is 5.97 Å². The van der Waals surface area contributed by atoms with Crippen LogP contribution in [0, 0.1) is 11.8 Å². The Bertz CT molecular complexity index is 731. The molecule has 3 aliphatic heterocycles. The molecule has 24 heavy (non-hydrogen) atoms. The van der Waals surface area contributed by atoms with Crippen molar-refractivity contribution in [2.45, 2.75) is 24.7 Å². The van der Waals surface area contributed by atoms with Crippen LogP contribution in [0.2, 0.25) is 0 Å². The number of amides is 1. The zero-order valence-corrected chi connectivity index (χ0v) is 15.0. The van der Waals surface area contributed by atoms with Gasteiger partial charge in [0.25, 0.3) is 0 Å². The van der Waals surface area contributed by atoms with Gasteiger partial charge in [0.2, 0.25) is 5.91 Å². The van der Waals surface area contributed by atoms with E-state index in [0.29, 0.717) is 6.54 Å². The van der Waals surface area contributed by atoms with E-state index in [2.05, 4.69) is 15.9 Å². The van der Waals surface area contributed by atoms with Gasteiger partial charge in [-0.2, -0.15) is 0 Å². The zero-order chi connectivity index (χ0) is 17.1. The van der Waals surface area contributed by atoms with E-state index in [1.807, 2.05) is 48.2 Å². The summed E-state index contributed by atoms with van der Waals surface area (Å²) in [6.45, 7) is 2.47. The van der Waals surface area contributed by atoms with Gasteiger partial charge in [-0.25, -0.2) is 0 Å². The molecular weight excluding hydrogens is 374 g/mol. The second kappa shape index (κ2) is 5.43. The van der Waals surface area contributed by atoms with Crippen LogP contribution in [0.5, 0.6) is 0 Å². The number of esters is 1. The Labute approximate surface area is 148 Å². The van der Waals surface area contributed by atoms with E-state index in [1.54, 1.807) is 0 Å². The zero-order valence-electron chi connectivity index (χ0n) is 13.4. The molecule has 5 atom stereocenters. The molecule has 0 aromatic heterocycles. The topological polar surface area (TPSA) is 55.8 Å². The molecular formula is C18H18BrNO4. The first-order valence-electron chi connectivity index (χ1n) is 7.98. The van der Waals surface area contributed by atoms with Crippen molar-refractivity contribution in [3.63, 3.8) is 0 Å². The second-order valence-corrected chi connectivity index (χ2v) is 7.53. The van der Waals surface area contributed by atoms with Gasteiger partial charge in [0.15, 0.2) is 0 Å². The Hall–Kier alpha value is -1.66. The Morgan fingerprint density at radius 3 is 2.79 bits per heavy atom. The van der Waals surface area contributed by atoms with Gasteiger partial charge < -0.3 is 14.4 Å². The fourth-order valence-electron chi connectivity index (χ4n) is 4.18. The molecule has 6 heteroatoms. The Morgan fingerprint density at radius 2 is 2.12 bits per heavy atom. The molecule has 0 aliphatic carbocycles. The average Bonchev–Trinajstić information content (AvgIpc) is 3.22.